The maximum absolute atomic E-state index is 15.2. The molecule has 0 bridgehead atoms. The Morgan fingerprint density at radius 3 is 2.58 bits per heavy atom. The number of amides is 3. The third kappa shape index (κ3) is 6.52. The summed E-state index contributed by atoms with van der Waals surface area (Å²) >= 11 is 12.5. The highest BCUT2D eigenvalue weighted by atomic mass is 35.5. The molecule has 2 aromatic heterocycles. The highest BCUT2D eigenvalue weighted by Crippen LogP contribution is 2.37. The Bertz CT molecular complexity index is 2020. The van der Waals surface area contributed by atoms with Crippen molar-refractivity contribution in [3.05, 3.63) is 92.9 Å². The van der Waals surface area contributed by atoms with Crippen molar-refractivity contribution >= 4 is 46.7 Å². The molecule has 3 aliphatic rings. The number of nitrogen functional groups attached to an aromatic ring is 1. The van der Waals surface area contributed by atoms with E-state index in [1.54, 1.807) is 25.4 Å². The van der Waals surface area contributed by atoms with Gasteiger partial charge in [0.25, 0.3) is 5.91 Å². The van der Waals surface area contributed by atoms with Gasteiger partial charge < -0.3 is 15.4 Å². The van der Waals surface area contributed by atoms with Crippen LogP contribution in [0.15, 0.2) is 48.9 Å². The highest BCUT2D eigenvalue weighted by molar-refractivity contribution is 6.36. The van der Waals surface area contributed by atoms with E-state index in [9.17, 15) is 18.8 Å². The van der Waals surface area contributed by atoms with Gasteiger partial charge in [-0.15, -0.1) is 0 Å². The van der Waals surface area contributed by atoms with Gasteiger partial charge in [0.2, 0.25) is 11.8 Å². The van der Waals surface area contributed by atoms with Crippen LogP contribution in [-0.2, 0) is 22.7 Å². The molecule has 0 spiro atoms. The number of hydrogen-bond donors (Lipinski definition) is 2. The molecule has 5 heterocycles. The van der Waals surface area contributed by atoms with Crippen molar-refractivity contribution in [3.8, 4) is 16.9 Å². The Morgan fingerprint density at radius 2 is 1.82 bits per heavy atom. The minimum Gasteiger partial charge on any atom is -0.482 e. The molecule has 3 N–H and O–H groups in total. The molecule has 3 amide bonds. The molecule has 15 heteroatoms. The van der Waals surface area contributed by atoms with Crippen molar-refractivity contribution in [1.29, 1.82) is 0 Å². The van der Waals surface area contributed by atoms with E-state index in [0.29, 0.717) is 23.4 Å². The summed E-state index contributed by atoms with van der Waals surface area (Å²) < 4.78 is 37.3. The smallest absolute Gasteiger partial charge is 0.258 e. The molecule has 2 saturated heterocycles. The largest absolute Gasteiger partial charge is 0.482 e. The van der Waals surface area contributed by atoms with Crippen LogP contribution < -0.4 is 15.8 Å². The van der Waals surface area contributed by atoms with Crippen LogP contribution in [0.25, 0.3) is 11.1 Å². The van der Waals surface area contributed by atoms with Crippen molar-refractivity contribution in [3.63, 3.8) is 0 Å². The van der Waals surface area contributed by atoms with Crippen LogP contribution in [0.4, 0.5) is 14.6 Å². The van der Waals surface area contributed by atoms with Gasteiger partial charge in [0.15, 0.2) is 11.6 Å². The van der Waals surface area contributed by atoms with E-state index in [-0.39, 0.29) is 52.8 Å². The first kappa shape index (κ1) is 33.9. The van der Waals surface area contributed by atoms with E-state index in [1.807, 2.05) is 16.9 Å². The molecule has 0 saturated carbocycles. The van der Waals surface area contributed by atoms with Crippen LogP contribution in [0, 0.1) is 11.6 Å². The maximum atomic E-state index is 15.2. The molecule has 2 aromatic carbocycles. The van der Waals surface area contributed by atoms with E-state index in [1.165, 1.54) is 23.1 Å². The van der Waals surface area contributed by atoms with Crippen LogP contribution in [0.2, 0.25) is 10.0 Å². The van der Waals surface area contributed by atoms with Crippen molar-refractivity contribution in [2.45, 2.75) is 63.9 Å². The zero-order chi connectivity index (χ0) is 35.3. The number of carbonyl (C=O) groups is 3. The topological polar surface area (TPSA) is 136 Å². The van der Waals surface area contributed by atoms with Gasteiger partial charge in [0, 0.05) is 66.7 Å². The molecule has 4 aromatic rings. The SMILES string of the molecule is C[C@@H](Oc1cc(-c2cnn(C3CCN(Cc4cc(F)c5c(c4)CN(C4CCC(=O)NC4=O)C5=O)CC3)c2)cnc1N)c1c(Cl)ccc(F)c1Cl. The lowest BCUT2D eigenvalue weighted by Crippen LogP contribution is -2.52. The molecular formula is C35H33Cl2F2N7O4. The number of hydrogen-bond acceptors (Lipinski definition) is 8. The summed E-state index contributed by atoms with van der Waals surface area (Å²) in [4.78, 5) is 44.9. The van der Waals surface area contributed by atoms with E-state index >= 15 is 4.39 Å². The fourth-order valence-electron chi connectivity index (χ4n) is 6.97. The van der Waals surface area contributed by atoms with E-state index in [2.05, 4.69) is 20.3 Å². The third-order valence-corrected chi connectivity index (χ3v) is 10.3. The minimum absolute atomic E-state index is 0.00322. The second-order valence-corrected chi connectivity index (χ2v) is 13.6. The van der Waals surface area contributed by atoms with Gasteiger partial charge in [0.05, 0.1) is 22.8 Å². The first-order valence-electron chi connectivity index (χ1n) is 16.2. The Labute approximate surface area is 296 Å². The number of imide groups is 1. The number of likely N-dealkylation sites (tertiary alicyclic amines) is 1. The number of fused-ring (bicyclic) bond motifs is 1. The molecule has 50 heavy (non-hydrogen) atoms. The number of carbonyl (C=O) groups excluding carboxylic acids is 3. The number of ether oxygens (including phenoxy) is 1. The van der Waals surface area contributed by atoms with Gasteiger partial charge in [-0.1, -0.05) is 29.3 Å². The van der Waals surface area contributed by atoms with Gasteiger partial charge in [0.1, 0.15) is 23.8 Å². The molecule has 0 aliphatic carbocycles. The average molecular weight is 725 g/mol. The number of nitrogens with one attached hydrogen (secondary N) is 1. The van der Waals surface area contributed by atoms with Gasteiger partial charge in [-0.05, 0) is 61.6 Å². The van der Waals surface area contributed by atoms with E-state index < -0.39 is 35.6 Å². The Hall–Kier alpha value is -4.59. The quantitative estimate of drug-likeness (QED) is 0.171. The number of piperidine rings is 2. The zero-order valence-corrected chi connectivity index (χ0v) is 28.5. The lowest BCUT2D eigenvalue weighted by atomic mass is 10.0. The number of nitrogens with zero attached hydrogens (tertiary/aromatic N) is 5. The Morgan fingerprint density at radius 1 is 1.04 bits per heavy atom. The molecule has 7 rings (SSSR count). The van der Waals surface area contributed by atoms with Crippen molar-refractivity contribution in [2.75, 3.05) is 18.8 Å². The van der Waals surface area contributed by atoms with Crippen molar-refractivity contribution in [1.82, 2.24) is 29.9 Å². The number of halogens is 4. The molecule has 11 nitrogen and oxygen atoms in total. The number of pyridine rings is 1. The predicted molar refractivity (Wildman–Crippen MR) is 181 cm³/mol. The van der Waals surface area contributed by atoms with E-state index in [4.69, 9.17) is 33.7 Å². The summed E-state index contributed by atoms with van der Waals surface area (Å²) in [5, 5.41) is 7.05. The highest BCUT2D eigenvalue weighted by Gasteiger charge is 2.40. The number of benzene rings is 2. The zero-order valence-electron chi connectivity index (χ0n) is 27.0. The van der Waals surface area contributed by atoms with Gasteiger partial charge in [-0.2, -0.15) is 5.10 Å². The normalized spacial score (nSPS) is 19.1. The second-order valence-electron chi connectivity index (χ2n) is 12.9. The molecular weight excluding hydrogens is 691 g/mol. The summed E-state index contributed by atoms with van der Waals surface area (Å²) in [5.74, 6) is -2.17. The summed E-state index contributed by atoms with van der Waals surface area (Å²) in [6.45, 7) is 3.84. The van der Waals surface area contributed by atoms with Gasteiger partial charge in [-0.3, -0.25) is 29.3 Å². The van der Waals surface area contributed by atoms with Crippen molar-refractivity contribution in [2.24, 2.45) is 0 Å². The molecule has 1 unspecified atom stereocenters. The first-order valence-corrected chi connectivity index (χ1v) is 17.0. The lowest BCUT2D eigenvalue weighted by Gasteiger charge is -2.32. The summed E-state index contributed by atoms with van der Waals surface area (Å²) in [5.41, 5.74) is 9.27. The first-order chi connectivity index (χ1) is 24.0. The fraction of sp³-hybridized carbons (Fsp3) is 0.343. The molecule has 0 radical (unpaired) electrons. The monoisotopic (exact) mass is 723 g/mol. The van der Waals surface area contributed by atoms with Crippen LogP contribution in [0.5, 0.6) is 5.75 Å². The van der Waals surface area contributed by atoms with Crippen LogP contribution in [0.3, 0.4) is 0 Å². The molecule has 2 fully saturated rings. The average Bonchev–Trinajstić information content (AvgIpc) is 3.70. The third-order valence-electron chi connectivity index (χ3n) is 9.58. The molecule has 260 valence electrons. The van der Waals surface area contributed by atoms with Crippen LogP contribution >= 0.6 is 23.2 Å². The lowest BCUT2D eigenvalue weighted by molar-refractivity contribution is -0.136. The van der Waals surface area contributed by atoms with Gasteiger partial charge in [-0.25, -0.2) is 13.8 Å². The Balaban J connectivity index is 0.977. The standard InChI is InChI=1S/C35H33Cl2F2N7O4/c1-18(30-24(36)2-3-25(38)32(30)37)50-28-12-20(13-41-33(28)40)22-14-42-46(17-22)23-6-8-44(9-7-23)15-19-10-21-16-45(35(49)31(21)26(39)11-19)27-4-5-29(47)43-34(27)48/h2-3,10-14,17-18,23,27H,4-9,15-16H2,1H3,(H2,40,41)(H,43,47,48)/t18-,27?/m1/s1. The van der Waals surface area contributed by atoms with E-state index in [0.717, 1.165) is 42.6 Å². The van der Waals surface area contributed by atoms with Crippen molar-refractivity contribution < 1.29 is 27.9 Å². The summed E-state index contributed by atoms with van der Waals surface area (Å²) in [6, 6.07) is 6.96. The Kier molecular flexibility index (Phi) is 9.22. The van der Waals surface area contributed by atoms with Crippen LogP contribution in [0.1, 0.15) is 71.8 Å². The molecule has 3 aliphatic heterocycles. The second kappa shape index (κ2) is 13.6. The predicted octanol–water partition coefficient (Wildman–Crippen LogP) is 5.85. The number of anilines is 1. The van der Waals surface area contributed by atoms with Gasteiger partial charge >= 0.3 is 0 Å². The molecule has 2 atom stereocenters. The maximum Gasteiger partial charge on any atom is 0.258 e. The minimum atomic E-state index is -0.793. The summed E-state index contributed by atoms with van der Waals surface area (Å²) in [6.07, 6.45) is 6.62. The number of nitrogens with two attached hydrogens (primary N) is 1. The van der Waals surface area contributed by atoms with Crippen LogP contribution in [-0.4, -0.2) is 61.4 Å². The fourth-order valence-corrected chi connectivity index (χ4v) is 7.65. The summed E-state index contributed by atoms with van der Waals surface area (Å²) in [7, 11) is 0. The number of rotatable bonds is 8. The number of aromatic nitrogens is 3.